The van der Waals surface area contributed by atoms with Crippen LogP contribution in [0, 0.1) is 12.7 Å². The maximum absolute atomic E-state index is 14.4. The molecule has 3 aromatic rings. The van der Waals surface area contributed by atoms with Crippen molar-refractivity contribution in [2.75, 3.05) is 12.4 Å². The minimum Gasteiger partial charge on any atom is -0.465 e. The molecule has 0 radical (unpaired) electrons. The summed E-state index contributed by atoms with van der Waals surface area (Å²) >= 11 is 0. The number of anilines is 2. The van der Waals surface area contributed by atoms with E-state index in [0.29, 0.717) is 28.3 Å². The topological polar surface area (TPSA) is 64.1 Å². The summed E-state index contributed by atoms with van der Waals surface area (Å²) in [5, 5.41) is 3.21. The minimum absolute atomic E-state index is 0.176. The molecule has 0 amide bonds. The van der Waals surface area contributed by atoms with Gasteiger partial charge >= 0.3 is 5.97 Å². The maximum Gasteiger partial charge on any atom is 0.341 e. The average Bonchev–Trinajstić information content (AvgIpc) is 2.69. The molecule has 0 saturated heterocycles. The number of nitrogens with zero attached hydrogens (tertiary/aromatic N) is 2. The monoisotopic (exact) mass is 379 g/mol. The Morgan fingerprint density at radius 1 is 1.18 bits per heavy atom. The summed E-state index contributed by atoms with van der Waals surface area (Å²) in [6.45, 7) is 6.00. The summed E-state index contributed by atoms with van der Waals surface area (Å²) in [5.41, 5.74) is 3.67. The van der Waals surface area contributed by atoms with E-state index in [2.05, 4.69) is 15.3 Å². The number of hydrogen-bond acceptors (Lipinski definition) is 5. The SMILES string of the molecule is COC(=O)c1cnccc1Nc1nc(-c2cc(C)ccc2F)ccc1C(C)C. The predicted octanol–water partition coefficient (Wildman–Crippen LogP) is 5.24. The number of halogens is 1. The largest absolute Gasteiger partial charge is 0.465 e. The van der Waals surface area contributed by atoms with Crippen molar-refractivity contribution < 1.29 is 13.9 Å². The lowest BCUT2D eigenvalue weighted by molar-refractivity contribution is 0.0601. The number of pyridine rings is 2. The third-order valence-electron chi connectivity index (χ3n) is 4.43. The number of carbonyl (C=O) groups is 1. The molecule has 144 valence electrons. The highest BCUT2D eigenvalue weighted by Gasteiger charge is 2.17. The first-order valence-corrected chi connectivity index (χ1v) is 8.97. The Labute approximate surface area is 163 Å². The van der Waals surface area contributed by atoms with E-state index in [9.17, 15) is 9.18 Å². The quantitative estimate of drug-likeness (QED) is 0.614. The molecule has 2 heterocycles. The molecule has 6 heteroatoms. The van der Waals surface area contributed by atoms with Crippen LogP contribution < -0.4 is 5.32 Å². The zero-order chi connectivity index (χ0) is 20.3. The highest BCUT2D eigenvalue weighted by Crippen LogP contribution is 2.31. The van der Waals surface area contributed by atoms with Gasteiger partial charge in [-0.05, 0) is 42.7 Å². The summed E-state index contributed by atoms with van der Waals surface area (Å²) in [5.74, 6) is -0.0948. The highest BCUT2D eigenvalue weighted by atomic mass is 19.1. The van der Waals surface area contributed by atoms with Crippen molar-refractivity contribution in [3.63, 3.8) is 0 Å². The van der Waals surface area contributed by atoms with Gasteiger partial charge in [0.15, 0.2) is 0 Å². The van der Waals surface area contributed by atoms with Crippen molar-refractivity contribution in [1.82, 2.24) is 9.97 Å². The standard InChI is InChI=1S/C22H22FN3O2/c1-13(2)15-6-8-19(16-11-14(3)5-7-18(16)23)25-21(15)26-20-9-10-24-12-17(20)22(27)28-4/h5-13H,1-4H3,(H,24,25,26). The third kappa shape index (κ3) is 4.01. The number of benzene rings is 1. The molecule has 28 heavy (non-hydrogen) atoms. The van der Waals surface area contributed by atoms with Crippen molar-refractivity contribution in [3.8, 4) is 11.3 Å². The minimum atomic E-state index is -0.498. The molecular formula is C22H22FN3O2. The Balaban J connectivity index is 2.10. The number of ether oxygens (including phenoxy) is 1. The normalized spacial score (nSPS) is 10.8. The molecule has 0 unspecified atom stereocenters. The second-order valence-electron chi connectivity index (χ2n) is 6.81. The van der Waals surface area contributed by atoms with E-state index >= 15 is 0 Å². The fourth-order valence-electron chi connectivity index (χ4n) is 2.92. The van der Waals surface area contributed by atoms with E-state index in [4.69, 9.17) is 4.74 Å². The van der Waals surface area contributed by atoms with Crippen molar-refractivity contribution in [2.24, 2.45) is 0 Å². The van der Waals surface area contributed by atoms with Crippen molar-refractivity contribution in [1.29, 1.82) is 0 Å². The fraction of sp³-hybridized carbons (Fsp3) is 0.227. The number of carbonyl (C=O) groups excluding carboxylic acids is 1. The zero-order valence-electron chi connectivity index (χ0n) is 16.3. The Morgan fingerprint density at radius 3 is 2.68 bits per heavy atom. The van der Waals surface area contributed by atoms with Gasteiger partial charge in [0.2, 0.25) is 0 Å². The molecule has 2 aromatic heterocycles. The summed E-state index contributed by atoms with van der Waals surface area (Å²) in [6.07, 6.45) is 3.02. The summed E-state index contributed by atoms with van der Waals surface area (Å²) in [6, 6.07) is 10.3. The Bertz CT molecular complexity index is 1020. The van der Waals surface area contributed by atoms with Gasteiger partial charge in [-0.1, -0.05) is 31.5 Å². The smallest absolute Gasteiger partial charge is 0.341 e. The van der Waals surface area contributed by atoms with E-state index in [1.165, 1.54) is 19.4 Å². The van der Waals surface area contributed by atoms with Crippen LogP contribution in [0.5, 0.6) is 0 Å². The van der Waals surface area contributed by atoms with E-state index in [1.807, 2.05) is 32.9 Å². The van der Waals surface area contributed by atoms with Crippen LogP contribution in [0.1, 0.15) is 41.3 Å². The molecule has 1 aromatic carbocycles. The van der Waals surface area contributed by atoms with Gasteiger partial charge in [0.1, 0.15) is 17.2 Å². The molecule has 0 aliphatic carbocycles. The lowest BCUT2D eigenvalue weighted by atomic mass is 10.0. The van der Waals surface area contributed by atoms with Gasteiger partial charge in [0.05, 0.1) is 18.5 Å². The number of esters is 1. The lowest BCUT2D eigenvalue weighted by Crippen LogP contribution is -2.08. The Hall–Kier alpha value is -3.28. The van der Waals surface area contributed by atoms with Crippen molar-refractivity contribution >= 4 is 17.5 Å². The van der Waals surface area contributed by atoms with Gasteiger partial charge in [-0.25, -0.2) is 14.2 Å². The van der Waals surface area contributed by atoms with Crippen LogP contribution in [0.2, 0.25) is 0 Å². The van der Waals surface area contributed by atoms with Gasteiger partial charge in [0, 0.05) is 18.0 Å². The second-order valence-corrected chi connectivity index (χ2v) is 6.81. The molecule has 0 aliphatic heterocycles. The molecule has 0 bridgehead atoms. The van der Waals surface area contributed by atoms with E-state index < -0.39 is 5.97 Å². The van der Waals surface area contributed by atoms with E-state index in [0.717, 1.165) is 11.1 Å². The summed E-state index contributed by atoms with van der Waals surface area (Å²) < 4.78 is 19.2. The van der Waals surface area contributed by atoms with Gasteiger partial charge in [-0.2, -0.15) is 0 Å². The van der Waals surface area contributed by atoms with Crippen LogP contribution in [0.25, 0.3) is 11.3 Å². The Morgan fingerprint density at radius 2 is 1.96 bits per heavy atom. The average molecular weight is 379 g/mol. The molecular weight excluding hydrogens is 357 g/mol. The number of nitrogens with one attached hydrogen (secondary N) is 1. The summed E-state index contributed by atoms with van der Waals surface area (Å²) in [7, 11) is 1.32. The molecule has 1 N–H and O–H groups in total. The van der Waals surface area contributed by atoms with Crippen LogP contribution in [0.3, 0.4) is 0 Å². The van der Waals surface area contributed by atoms with Crippen LogP contribution in [-0.2, 0) is 4.74 Å². The number of methoxy groups -OCH3 is 1. The summed E-state index contributed by atoms with van der Waals surface area (Å²) in [4.78, 5) is 20.7. The van der Waals surface area contributed by atoms with E-state index in [1.54, 1.807) is 24.4 Å². The van der Waals surface area contributed by atoms with Crippen molar-refractivity contribution in [3.05, 3.63) is 71.3 Å². The molecule has 0 fully saturated rings. The lowest BCUT2D eigenvalue weighted by Gasteiger charge is -2.17. The van der Waals surface area contributed by atoms with Crippen LogP contribution in [-0.4, -0.2) is 23.0 Å². The van der Waals surface area contributed by atoms with Crippen molar-refractivity contribution in [2.45, 2.75) is 26.7 Å². The number of aryl methyl sites for hydroxylation is 1. The molecule has 0 saturated carbocycles. The van der Waals surface area contributed by atoms with E-state index in [-0.39, 0.29) is 11.7 Å². The first kappa shape index (κ1) is 19.5. The van der Waals surface area contributed by atoms with Gasteiger partial charge < -0.3 is 10.1 Å². The Kier molecular flexibility index (Phi) is 5.68. The first-order valence-electron chi connectivity index (χ1n) is 8.97. The molecule has 0 atom stereocenters. The molecule has 0 spiro atoms. The fourth-order valence-corrected chi connectivity index (χ4v) is 2.92. The number of rotatable bonds is 5. The molecule has 5 nitrogen and oxygen atoms in total. The number of hydrogen-bond donors (Lipinski definition) is 1. The maximum atomic E-state index is 14.4. The van der Waals surface area contributed by atoms with Gasteiger partial charge in [-0.3, -0.25) is 4.98 Å². The van der Waals surface area contributed by atoms with Gasteiger partial charge in [0.25, 0.3) is 0 Å². The second kappa shape index (κ2) is 8.17. The van der Waals surface area contributed by atoms with Crippen LogP contribution >= 0.6 is 0 Å². The zero-order valence-corrected chi connectivity index (χ0v) is 16.3. The van der Waals surface area contributed by atoms with Crippen LogP contribution in [0.15, 0.2) is 48.8 Å². The third-order valence-corrected chi connectivity index (χ3v) is 4.43. The van der Waals surface area contributed by atoms with Crippen LogP contribution in [0.4, 0.5) is 15.9 Å². The number of aromatic nitrogens is 2. The highest BCUT2D eigenvalue weighted by molar-refractivity contribution is 5.96. The predicted molar refractivity (Wildman–Crippen MR) is 107 cm³/mol. The molecule has 0 aliphatic rings. The molecule has 3 rings (SSSR count). The first-order chi connectivity index (χ1) is 13.4. The van der Waals surface area contributed by atoms with Gasteiger partial charge in [-0.15, -0.1) is 0 Å².